The third-order valence-electron chi connectivity index (χ3n) is 3.90. The Morgan fingerprint density at radius 1 is 1.45 bits per heavy atom. The number of hydrogen-bond donors (Lipinski definition) is 2. The minimum Gasteiger partial charge on any atom is -0.388 e. The fourth-order valence-electron chi connectivity index (χ4n) is 2.82. The highest BCUT2D eigenvalue weighted by Gasteiger charge is 2.33. The number of aromatic nitrogens is 2. The molecule has 5 heteroatoms. The van der Waals surface area contributed by atoms with Crippen molar-refractivity contribution < 1.29 is 5.11 Å². The molecule has 20 heavy (non-hydrogen) atoms. The number of aliphatic hydroxyl groups is 1. The van der Waals surface area contributed by atoms with E-state index in [1.165, 1.54) is 5.69 Å². The van der Waals surface area contributed by atoms with E-state index in [2.05, 4.69) is 21.5 Å². The maximum atomic E-state index is 10.2. The summed E-state index contributed by atoms with van der Waals surface area (Å²) in [5.41, 5.74) is 1.52. The number of hydrogen-bond acceptors (Lipinski definition) is 4. The third-order valence-corrected chi connectivity index (χ3v) is 3.90. The normalized spacial score (nSPS) is 22.9. The van der Waals surface area contributed by atoms with Crippen LogP contribution in [0.1, 0.15) is 26.0 Å². The Hall–Kier alpha value is -1.59. The lowest BCUT2D eigenvalue weighted by Crippen LogP contribution is -2.30. The molecule has 108 valence electrons. The number of nitrogens with zero attached hydrogens (tertiary/aromatic N) is 3. The van der Waals surface area contributed by atoms with Gasteiger partial charge in [-0.25, -0.2) is 4.98 Å². The number of imidazole rings is 1. The average molecular weight is 274 g/mol. The number of nitrogens with one attached hydrogen (secondary N) is 1. The van der Waals surface area contributed by atoms with Crippen molar-refractivity contribution in [2.24, 2.45) is 0 Å². The Bertz CT molecular complexity index is 605. The molecule has 1 saturated heterocycles. The van der Waals surface area contributed by atoms with Crippen LogP contribution in [0.25, 0.3) is 5.65 Å². The van der Waals surface area contributed by atoms with Crippen LogP contribution in [-0.4, -0.2) is 39.7 Å². The van der Waals surface area contributed by atoms with Crippen LogP contribution in [0, 0.1) is 0 Å². The summed E-state index contributed by atoms with van der Waals surface area (Å²) in [4.78, 5) is 6.95. The van der Waals surface area contributed by atoms with E-state index < -0.39 is 5.60 Å². The molecule has 0 aliphatic carbocycles. The van der Waals surface area contributed by atoms with E-state index in [1.54, 1.807) is 0 Å². The van der Waals surface area contributed by atoms with Gasteiger partial charge in [0.05, 0.1) is 11.3 Å². The third kappa shape index (κ3) is 2.39. The number of fused-ring (bicyclic) bond motifs is 1. The van der Waals surface area contributed by atoms with Gasteiger partial charge < -0.3 is 19.7 Å². The van der Waals surface area contributed by atoms with Gasteiger partial charge in [-0.15, -0.1) is 0 Å². The number of anilines is 1. The molecule has 2 aromatic rings. The summed E-state index contributed by atoms with van der Waals surface area (Å²) in [7, 11) is 0. The maximum absolute atomic E-state index is 10.2. The Kier molecular flexibility index (Phi) is 3.40. The summed E-state index contributed by atoms with van der Waals surface area (Å²) in [5, 5.41) is 13.6. The molecule has 1 atom stereocenters. The first-order valence-electron chi connectivity index (χ1n) is 7.25. The zero-order valence-electron chi connectivity index (χ0n) is 12.1. The maximum Gasteiger partial charge on any atom is 0.152 e. The Labute approximate surface area is 119 Å². The molecule has 3 rings (SSSR count). The first kappa shape index (κ1) is 13.4. The lowest BCUT2D eigenvalue weighted by molar-refractivity contribution is 0.0839. The molecule has 0 spiro atoms. The minimum absolute atomic E-state index is 0.606. The largest absolute Gasteiger partial charge is 0.388 e. The summed E-state index contributed by atoms with van der Waals surface area (Å²) < 4.78 is 2.13. The fraction of sp³-hybridized carbons (Fsp3) is 0.533. The predicted molar refractivity (Wildman–Crippen MR) is 80.0 cm³/mol. The molecule has 2 aromatic heterocycles. The van der Waals surface area contributed by atoms with Gasteiger partial charge in [0.1, 0.15) is 5.65 Å². The molecule has 0 saturated carbocycles. The zero-order valence-corrected chi connectivity index (χ0v) is 12.1. The van der Waals surface area contributed by atoms with Crippen molar-refractivity contribution in [2.75, 3.05) is 24.5 Å². The lowest BCUT2D eigenvalue weighted by Gasteiger charge is -2.20. The van der Waals surface area contributed by atoms with Gasteiger partial charge in [0, 0.05) is 25.8 Å². The van der Waals surface area contributed by atoms with E-state index >= 15 is 0 Å². The molecule has 1 unspecified atom stereocenters. The summed E-state index contributed by atoms with van der Waals surface area (Å²) in [6.45, 7) is 7.22. The van der Waals surface area contributed by atoms with Crippen molar-refractivity contribution in [3.8, 4) is 0 Å². The summed E-state index contributed by atoms with van der Waals surface area (Å²) in [6, 6.07) is 6.05. The highest BCUT2D eigenvalue weighted by molar-refractivity contribution is 5.56. The second-order valence-corrected chi connectivity index (χ2v) is 5.76. The Morgan fingerprint density at radius 3 is 3.00 bits per heavy atom. The van der Waals surface area contributed by atoms with Crippen LogP contribution in [0.2, 0.25) is 0 Å². The summed E-state index contributed by atoms with van der Waals surface area (Å²) >= 11 is 0. The van der Waals surface area contributed by atoms with Gasteiger partial charge in [0.25, 0.3) is 0 Å². The van der Waals surface area contributed by atoms with Crippen LogP contribution < -0.4 is 10.2 Å². The van der Waals surface area contributed by atoms with Gasteiger partial charge in [0.2, 0.25) is 0 Å². The second-order valence-electron chi connectivity index (χ2n) is 5.76. The Balaban J connectivity index is 2.00. The van der Waals surface area contributed by atoms with Crippen LogP contribution in [0.4, 0.5) is 5.82 Å². The molecular weight excluding hydrogens is 252 g/mol. The van der Waals surface area contributed by atoms with Crippen molar-refractivity contribution in [1.82, 2.24) is 14.7 Å². The van der Waals surface area contributed by atoms with E-state index in [1.807, 2.05) is 31.3 Å². The smallest absolute Gasteiger partial charge is 0.152 e. The average Bonchev–Trinajstić information content (AvgIpc) is 2.96. The standard InChI is InChI=1S/C15H22N4O/c1-3-16-10-12-14(18-9-7-15(2,20)11-18)17-13-6-4-5-8-19(12)13/h4-6,8,16,20H,3,7,9-11H2,1-2H3. The van der Waals surface area contributed by atoms with Crippen molar-refractivity contribution in [3.05, 3.63) is 30.1 Å². The number of pyridine rings is 1. The molecule has 3 heterocycles. The summed E-state index contributed by atoms with van der Waals surface area (Å²) in [5.74, 6) is 0.995. The topological polar surface area (TPSA) is 52.8 Å². The molecule has 1 aliphatic heterocycles. The summed E-state index contributed by atoms with van der Waals surface area (Å²) in [6.07, 6.45) is 2.84. The van der Waals surface area contributed by atoms with Gasteiger partial charge in [-0.2, -0.15) is 0 Å². The SMILES string of the molecule is CCNCc1c(N2CCC(C)(O)C2)nc2ccccn12. The molecule has 0 aromatic carbocycles. The van der Waals surface area contributed by atoms with Crippen LogP contribution >= 0.6 is 0 Å². The Morgan fingerprint density at radius 2 is 2.30 bits per heavy atom. The second kappa shape index (κ2) is 5.07. The van der Waals surface area contributed by atoms with Crippen molar-refractivity contribution in [1.29, 1.82) is 0 Å². The number of rotatable bonds is 4. The molecule has 0 radical (unpaired) electrons. The number of β-amino-alcohol motifs (C(OH)–C–C–N with tert-alkyl or cyclic N) is 1. The van der Waals surface area contributed by atoms with Crippen molar-refractivity contribution >= 4 is 11.5 Å². The van der Waals surface area contributed by atoms with Crippen LogP contribution in [-0.2, 0) is 6.54 Å². The molecule has 1 fully saturated rings. The van der Waals surface area contributed by atoms with E-state index in [9.17, 15) is 5.11 Å². The lowest BCUT2D eigenvalue weighted by atomic mass is 10.1. The zero-order chi connectivity index (χ0) is 14.2. The van der Waals surface area contributed by atoms with Gasteiger partial charge in [-0.3, -0.25) is 0 Å². The molecule has 2 N–H and O–H groups in total. The molecule has 1 aliphatic rings. The van der Waals surface area contributed by atoms with Crippen molar-refractivity contribution in [3.63, 3.8) is 0 Å². The van der Waals surface area contributed by atoms with E-state index in [0.29, 0.717) is 6.54 Å². The van der Waals surface area contributed by atoms with E-state index in [-0.39, 0.29) is 0 Å². The first-order chi connectivity index (χ1) is 9.61. The monoisotopic (exact) mass is 274 g/mol. The van der Waals surface area contributed by atoms with Crippen LogP contribution in [0.15, 0.2) is 24.4 Å². The molecule has 0 amide bonds. The van der Waals surface area contributed by atoms with Gasteiger partial charge >= 0.3 is 0 Å². The van der Waals surface area contributed by atoms with Gasteiger partial charge in [-0.1, -0.05) is 13.0 Å². The predicted octanol–water partition coefficient (Wildman–Crippen LogP) is 1.40. The van der Waals surface area contributed by atoms with E-state index in [4.69, 9.17) is 4.98 Å². The minimum atomic E-state index is -0.606. The van der Waals surface area contributed by atoms with Gasteiger partial charge in [0.15, 0.2) is 5.82 Å². The fourth-order valence-corrected chi connectivity index (χ4v) is 2.82. The van der Waals surface area contributed by atoms with Crippen molar-refractivity contribution in [2.45, 2.75) is 32.4 Å². The molecular formula is C15H22N4O. The van der Waals surface area contributed by atoms with E-state index in [0.717, 1.165) is 37.5 Å². The van der Waals surface area contributed by atoms with Gasteiger partial charge in [-0.05, 0) is 32.0 Å². The quantitative estimate of drug-likeness (QED) is 0.885. The van der Waals surface area contributed by atoms with Crippen LogP contribution in [0.3, 0.4) is 0 Å². The van der Waals surface area contributed by atoms with Crippen LogP contribution in [0.5, 0.6) is 0 Å². The highest BCUT2D eigenvalue weighted by atomic mass is 16.3. The molecule has 0 bridgehead atoms. The first-order valence-corrected chi connectivity index (χ1v) is 7.25. The molecule has 5 nitrogen and oxygen atoms in total. The highest BCUT2D eigenvalue weighted by Crippen LogP contribution is 2.29.